The summed E-state index contributed by atoms with van der Waals surface area (Å²) in [7, 11) is -3.37. The van der Waals surface area contributed by atoms with Crippen molar-refractivity contribution in [2.75, 3.05) is 19.4 Å². The van der Waals surface area contributed by atoms with Gasteiger partial charge in [0.15, 0.2) is 10.8 Å². The lowest BCUT2D eigenvalue weighted by atomic mass is 9.83. The summed E-state index contributed by atoms with van der Waals surface area (Å²) in [5.41, 5.74) is 1.37. The number of carbonyl (C=O) groups excluding carboxylic acids is 1. The lowest BCUT2D eigenvalue weighted by Gasteiger charge is -2.40. The van der Waals surface area contributed by atoms with Gasteiger partial charge in [0.2, 0.25) is 10.0 Å². The van der Waals surface area contributed by atoms with Crippen molar-refractivity contribution in [2.45, 2.75) is 45.2 Å². The third-order valence-corrected chi connectivity index (χ3v) is 8.87. The topological polar surface area (TPSA) is 101 Å². The van der Waals surface area contributed by atoms with Crippen molar-refractivity contribution < 1.29 is 22.3 Å². The second-order valence-electron chi connectivity index (χ2n) is 8.71. The largest absolute Gasteiger partial charge is 0.463 e. The van der Waals surface area contributed by atoms with Gasteiger partial charge >= 0.3 is 5.97 Å². The van der Waals surface area contributed by atoms with E-state index in [0.29, 0.717) is 53.5 Å². The highest BCUT2D eigenvalue weighted by atomic mass is 35.5. The summed E-state index contributed by atoms with van der Waals surface area (Å²) in [5.74, 6) is -0.745. The Morgan fingerprint density at radius 2 is 2.14 bits per heavy atom. The molecule has 194 valence electrons. The van der Waals surface area contributed by atoms with Crippen molar-refractivity contribution in [3.05, 3.63) is 62.5 Å². The summed E-state index contributed by atoms with van der Waals surface area (Å²) in [6.45, 7) is 4.15. The number of aromatic nitrogens is 1. The van der Waals surface area contributed by atoms with Gasteiger partial charge in [-0.1, -0.05) is 24.6 Å². The molecule has 0 bridgehead atoms. The molecular weight excluding hydrogens is 527 g/mol. The molecule has 1 aromatic carbocycles. The van der Waals surface area contributed by atoms with Crippen LogP contribution in [0.25, 0.3) is 0 Å². The van der Waals surface area contributed by atoms with Crippen LogP contribution in [0.1, 0.15) is 49.7 Å². The minimum Gasteiger partial charge on any atom is -0.463 e. The van der Waals surface area contributed by atoms with Gasteiger partial charge in [0.25, 0.3) is 0 Å². The molecule has 0 spiro atoms. The summed E-state index contributed by atoms with van der Waals surface area (Å²) in [6.07, 6.45) is 4.53. The third-order valence-electron chi connectivity index (χ3n) is 6.43. The van der Waals surface area contributed by atoms with Crippen LogP contribution in [0.2, 0.25) is 5.02 Å². The molecule has 1 unspecified atom stereocenters. The maximum Gasteiger partial charge on any atom is 0.338 e. The molecule has 2 aromatic rings. The number of nitrogens with one attached hydrogen (secondary N) is 1. The highest BCUT2D eigenvalue weighted by Gasteiger charge is 2.40. The van der Waals surface area contributed by atoms with Crippen molar-refractivity contribution in [3.63, 3.8) is 0 Å². The van der Waals surface area contributed by atoms with Gasteiger partial charge in [0, 0.05) is 46.4 Å². The average Bonchev–Trinajstić information content (AvgIpc) is 3.37. The van der Waals surface area contributed by atoms with Gasteiger partial charge in [-0.15, -0.1) is 11.3 Å². The molecule has 8 nitrogen and oxygen atoms in total. The Kier molecular flexibility index (Phi) is 8.13. The van der Waals surface area contributed by atoms with Crippen molar-refractivity contribution >= 4 is 44.8 Å². The minimum absolute atomic E-state index is 0.142. The third kappa shape index (κ3) is 5.49. The van der Waals surface area contributed by atoms with E-state index in [-0.39, 0.29) is 23.6 Å². The smallest absolute Gasteiger partial charge is 0.338 e. The van der Waals surface area contributed by atoms with Crippen molar-refractivity contribution in [2.24, 2.45) is 10.9 Å². The molecule has 3 atom stereocenters. The van der Waals surface area contributed by atoms with E-state index in [2.05, 4.69) is 10.3 Å². The number of esters is 1. The normalized spacial score (nSPS) is 23.2. The lowest BCUT2D eigenvalue weighted by molar-refractivity contribution is -0.139. The SMILES string of the molecule is CCOC(=O)C1=C([C@H]2CCN(S(C)(=O)=O)[C@H](CC)C2)NC(c2nccs2)=NC1c1ccc(F)cc1Cl. The van der Waals surface area contributed by atoms with E-state index in [4.69, 9.17) is 21.3 Å². The van der Waals surface area contributed by atoms with Gasteiger partial charge in [-0.05, 0) is 38.3 Å². The molecule has 1 saturated heterocycles. The second-order valence-corrected chi connectivity index (χ2v) is 12.0. The number of carbonyl (C=O) groups is 1. The van der Waals surface area contributed by atoms with Crippen molar-refractivity contribution in [3.8, 4) is 0 Å². The molecule has 0 aliphatic carbocycles. The number of aliphatic imine (C=N–C) groups is 1. The van der Waals surface area contributed by atoms with E-state index in [1.54, 1.807) is 13.1 Å². The fourth-order valence-electron chi connectivity index (χ4n) is 4.82. The summed E-state index contributed by atoms with van der Waals surface area (Å²) in [4.78, 5) is 22.5. The summed E-state index contributed by atoms with van der Waals surface area (Å²) in [5, 5.41) is 5.92. The Morgan fingerprint density at radius 3 is 2.75 bits per heavy atom. The first kappa shape index (κ1) is 26.7. The van der Waals surface area contributed by atoms with Crippen LogP contribution in [0.15, 0.2) is 46.0 Å². The number of benzene rings is 1. The number of halogens is 2. The van der Waals surface area contributed by atoms with Gasteiger partial charge < -0.3 is 10.1 Å². The first-order chi connectivity index (χ1) is 17.1. The molecule has 0 saturated carbocycles. The first-order valence-corrected chi connectivity index (χ1v) is 14.8. The number of allylic oxidation sites excluding steroid dienone is 1. The summed E-state index contributed by atoms with van der Waals surface area (Å²) in [6, 6.07) is 2.93. The highest BCUT2D eigenvalue weighted by molar-refractivity contribution is 7.88. The van der Waals surface area contributed by atoms with Crippen molar-refractivity contribution in [1.82, 2.24) is 14.6 Å². The molecule has 36 heavy (non-hydrogen) atoms. The van der Waals surface area contributed by atoms with Gasteiger partial charge in [0.05, 0.1) is 18.4 Å². The fourth-order valence-corrected chi connectivity index (χ4v) is 6.89. The molecule has 4 rings (SSSR count). The number of piperidine rings is 1. The van der Waals surface area contributed by atoms with Crippen molar-refractivity contribution in [1.29, 1.82) is 0 Å². The number of thiazole rings is 1. The second kappa shape index (κ2) is 11.0. The van der Waals surface area contributed by atoms with Crippen LogP contribution in [-0.2, 0) is 19.6 Å². The number of rotatable bonds is 7. The Morgan fingerprint density at radius 1 is 1.36 bits per heavy atom. The Balaban J connectivity index is 1.85. The molecular formula is C24H28ClFN4O4S2. The molecule has 2 aliphatic rings. The van der Waals surface area contributed by atoms with E-state index in [9.17, 15) is 17.6 Å². The van der Waals surface area contributed by atoms with Crippen LogP contribution in [0, 0.1) is 11.7 Å². The zero-order chi connectivity index (χ0) is 26.0. The Hall–Kier alpha value is -2.34. The van der Waals surface area contributed by atoms with Crippen LogP contribution in [0.4, 0.5) is 4.39 Å². The quantitative estimate of drug-likeness (QED) is 0.512. The summed E-state index contributed by atoms with van der Waals surface area (Å²) < 4.78 is 45.6. The number of nitrogens with zero attached hydrogens (tertiary/aromatic N) is 3. The van der Waals surface area contributed by atoms with E-state index >= 15 is 0 Å². The van der Waals surface area contributed by atoms with Gasteiger partial charge in [0.1, 0.15) is 11.9 Å². The fraction of sp³-hybridized carbons (Fsp3) is 0.458. The van der Waals surface area contributed by atoms with E-state index in [0.717, 1.165) is 0 Å². The molecule has 1 N–H and O–H groups in total. The zero-order valence-electron chi connectivity index (χ0n) is 20.2. The maximum atomic E-state index is 13.9. The standard InChI is InChI=1S/C24H28ClFN4O4S2/c1-4-16-12-14(8-10-30(16)36(3,32)33)20-19(24(31)34-5-2)21(17-7-6-15(26)13-18(17)25)29-22(28-20)23-27-9-11-35-23/h6-7,9,11,13-14,16,21H,4-5,8,10,12H2,1-3H3,(H,28,29)/t14-,16+,21?/m0/s1. The first-order valence-electron chi connectivity index (χ1n) is 11.7. The maximum absolute atomic E-state index is 13.9. The average molecular weight is 555 g/mol. The van der Waals surface area contributed by atoms with E-state index in [1.807, 2.05) is 12.3 Å². The van der Waals surface area contributed by atoms with Crippen LogP contribution >= 0.6 is 22.9 Å². The lowest BCUT2D eigenvalue weighted by Crippen LogP contribution is -2.48. The minimum atomic E-state index is -3.37. The number of sulfonamides is 1. The summed E-state index contributed by atoms with van der Waals surface area (Å²) >= 11 is 7.83. The van der Waals surface area contributed by atoms with Gasteiger partial charge in [-0.3, -0.25) is 4.99 Å². The van der Waals surface area contributed by atoms with Crippen LogP contribution < -0.4 is 5.32 Å². The van der Waals surface area contributed by atoms with Gasteiger partial charge in [-0.25, -0.2) is 22.6 Å². The Bertz CT molecular complexity index is 1300. The zero-order valence-corrected chi connectivity index (χ0v) is 22.6. The van der Waals surface area contributed by atoms with Gasteiger partial charge in [-0.2, -0.15) is 4.31 Å². The molecule has 3 heterocycles. The number of amidine groups is 1. The molecule has 2 aliphatic heterocycles. The molecule has 1 aromatic heterocycles. The predicted octanol–water partition coefficient (Wildman–Crippen LogP) is 4.29. The van der Waals surface area contributed by atoms with E-state index < -0.39 is 27.9 Å². The Labute approximate surface area is 219 Å². The van der Waals surface area contributed by atoms with Crippen LogP contribution in [0.5, 0.6) is 0 Å². The number of ether oxygens (including phenoxy) is 1. The van der Waals surface area contributed by atoms with Crippen LogP contribution in [-0.4, -0.2) is 55.0 Å². The molecule has 1 fully saturated rings. The molecule has 0 amide bonds. The number of hydrogen-bond donors (Lipinski definition) is 1. The van der Waals surface area contributed by atoms with Crippen LogP contribution in [0.3, 0.4) is 0 Å². The predicted molar refractivity (Wildman–Crippen MR) is 138 cm³/mol. The highest BCUT2D eigenvalue weighted by Crippen LogP contribution is 2.41. The monoisotopic (exact) mass is 554 g/mol. The molecule has 0 radical (unpaired) electrons. The van der Waals surface area contributed by atoms with E-state index in [1.165, 1.54) is 40.1 Å². The molecule has 12 heteroatoms. The number of hydrogen-bond acceptors (Lipinski definition) is 8.